The van der Waals surface area contributed by atoms with Gasteiger partial charge in [-0.25, -0.2) is 9.97 Å². The number of benzene rings is 1. The average molecular weight is 309 g/mol. The van der Waals surface area contributed by atoms with Crippen molar-refractivity contribution in [1.29, 1.82) is 0 Å². The van der Waals surface area contributed by atoms with E-state index in [-0.39, 0.29) is 12.4 Å². The smallest absolute Gasteiger partial charge is 0.257 e. The number of methoxy groups -OCH3 is 1. The Hall–Kier alpha value is -1.59. The van der Waals surface area contributed by atoms with Gasteiger partial charge in [0.15, 0.2) is 5.82 Å². The van der Waals surface area contributed by atoms with Crippen LogP contribution in [0.1, 0.15) is 12.8 Å². The summed E-state index contributed by atoms with van der Waals surface area (Å²) in [6, 6.07) is 7.84. The Morgan fingerprint density at radius 3 is 2.71 bits per heavy atom. The van der Waals surface area contributed by atoms with Crippen molar-refractivity contribution in [3.63, 3.8) is 0 Å². The highest BCUT2D eigenvalue weighted by molar-refractivity contribution is 5.85. The number of hydrogen-bond acceptors (Lipinski definition) is 5. The van der Waals surface area contributed by atoms with Crippen molar-refractivity contribution >= 4 is 29.3 Å². The largest absolute Gasteiger partial charge is 0.478 e. The standard InChI is InChI=1S/C15H20N4O.ClH/c1-20-15-14(17-10-11-5-4-8-16-9-11)18-12-6-2-3-7-13(12)19-15;/h2-3,6-7,11,16H,4-5,8-10H2,1H3,(H,17,18);1H. The molecule has 3 rings (SSSR count). The van der Waals surface area contributed by atoms with Gasteiger partial charge >= 0.3 is 0 Å². The van der Waals surface area contributed by atoms with Crippen LogP contribution in [0.2, 0.25) is 0 Å². The van der Waals surface area contributed by atoms with E-state index in [9.17, 15) is 0 Å². The summed E-state index contributed by atoms with van der Waals surface area (Å²) in [5, 5.41) is 6.81. The average Bonchev–Trinajstić information content (AvgIpc) is 2.53. The minimum Gasteiger partial charge on any atom is -0.478 e. The van der Waals surface area contributed by atoms with Gasteiger partial charge in [0.25, 0.3) is 5.88 Å². The van der Waals surface area contributed by atoms with Crippen LogP contribution in [0.4, 0.5) is 5.82 Å². The van der Waals surface area contributed by atoms with E-state index in [1.54, 1.807) is 7.11 Å². The normalized spacial score (nSPS) is 18.0. The van der Waals surface area contributed by atoms with Gasteiger partial charge < -0.3 is 15.4 Å². The molecule has 0 amide bonds. The van der Waals surface area contributed by atoms with Gasteiger partial charge in [-0.1, -0.05) is 12.1 Å². The first-order chi connectivity index (χ1) is 9.86. The van der Waals surface area contributed by atoms with Crippen LogP contribution >= 0.6 is 12.4 Å². The predicted molar refractivity (Wildman–Crippen MR) is 87.4 cm³/mol. The maximum Gasteiger partial charge on any atom is 0.257 e. The summed E-state index contributed by atoms with van der Waals surface area (Å²) in [4.78, 5) is 9.11. The Bertz CT molecular complexity index is 587. The van der Waals surface area contributed by atoms with Crippen LogP contribution in [0, 0.1) is 5.92 Å². The molecule has 1 saturated heterocycles. The molecule has 1 unspecified atom stereocenters. The third kappa shape index (κ3) is 3.74. The minimum absolute atomic E-state index is 0. The van der Waals surface area contributed by atoms with Gasteiger partial charge in [-0.3, -0.25) is 0 Å². The van der Waals surface area contributed by atoms with E-state index in [1.807, 2.05) is 24.3 Å². The van der Waals surface area contributed by atoms with E-state index in [0.29, 0.717) is 11.8 Å². The Morgan fingerprint density at radius 2 is 2.05 bits per heavy atom. The second kappa shape index (κ2) is 7.43. The van der Waals surface area contributed by atoms with Gasteiger partial charge in [-0.15, -0.1) is 12.4 Å². The van der Waals surface area contributed by atoms with Crippen molar-refractivity contribution in [2.75, 3.05) is 32.1 Å². The molecule has 0 saturated carbocycles. The first-order valence-corrected chi connectivity index (χ1v) is 7.12. The quantitative estimate of drug-likeness (QED) is 0.908. The van der Waals surface area contributed by atoms with Gasteiger partial charge in [0.05, 0.1) is 18.1 Å². The van der Waals surface area contributed by atoms with Gasteiger partial charge in [0, 0.05) is 6.54 Å². The molecule has 2 aromatic rings. The van der Waals surface area contributed by atoms with Crippen molar-refractivity contribution in [3.05, 3.63) is 24.3 Å². The predicted octanol–water partition coefficient (Wildman–Crippen LogP) is 2.47. The summed E-state index contributed by atoms with van der Waals surface area (Å²) < 4.78 is 5.34. The number of fused-ring (bicyclic) bond motifs is 1. The summed E-state index contributed by atoms with van der Waals surface area (Å²) >= 11 is 0. The van der Waals surface area contributed by atoms with Crippen LogP contribution in [-0.4, -0.2) is 36.7 Å². The number of aromatic nitrogens is 2. The number of nitrogens with one attached hydrogen (secondary N) is 2. The minimum atomic E-state index is 0. The first-order valence-electron chi connectivity index (χ1n) is 7.12. The highest BCUT2D eigenvalue weighted by atomic mass is 35.5. The molecule has 1 aromatic carbocycles. The van der Waals surface area contributed by atoms with Gasteiger partial charge in [0.1, 0.15) is 0 Å². The highest BCUT2D eigenvalue weighted by Crippen LogP contribution is 2.23. The molecule has 0 radical (unpaired) electrons. The van der Waals surface area contributed by atoms with E-state index in [1.165, 1.54) is 12.8 Å². The number of nitrogens with zero attached hydrogens (tertiary/aromatic N) is 2. The summed E-state index contributed by atoms with van der Waals surface area (Å²) in [6.45, 7) is 3.10. The maximum absolute atomic E-state index is 5.34. The Kier molecular flexibility index (Phi) is 5.59. The fourth-order valence-corrected chi connectivity index (χ4v) is 2.58. The summed E-state index contributed by atoms with van der Waals surface area (Å²) in [5.41, 5.74) is 1.74. The molecule has 5 nitrogen and oxygen atoms in total. The Balaban J connectivity index is 0.00000161. The van der Waals surface area contributed by atoms with E-state index in [0.717, 1.165) is 36.5 Å². The third-order valence-corrected chi connectivity index (χ3v) is 3.69. The topological polar surface area (TPSA) is 59.1 Å². The second-order valence-corrected chi connectivity index (χ2v) is 5.16. The van der Waals surface area contributed by atoms with Crippen LogP contribution in [0.25, 0.3) is 11.0 Å². The number of halogens is 1. The van der Waals surface area contributed by atoms with Crippen LogP contribution < -0.4 is 15.4 Å². The molecular formula is C15H21ClN4O. The molecule has 1 atom stereocenters. The number of anilines is 1. The van der Waals surface area contributed by atoms with E-state index in [4.69, 9.17) is 4.74 Å². The fourth-order valence-electron chi connectivity index (χ4n) is 2.58. The lowest BCUT2D eigenvalue weighted by Crippen LogP contribution is -2.33. The van der Waals surface area contributed by atoms with Crippen LogP contribution in [0.3, 0.4) is 0 Å². The lowest BCUT2D eigenvalue weighted by molar-refractivity contribution is 0.387. The van der Waals surface area contributed by atoms with Crippen molar-refractivity contribution < 1.29 is 4.74 Å². The molecule has 1 aromatic heterocycles. The van der Waals surface area contributed by atoms with Gasteiger partial charge in [-0.05, 0) is 44.0 Å². The Labute approximate surface area is 130 Å². The van der Waals surface area contributed by atoms with Gasteiger partial charge in [0.2, 0.25) is 0 Å². The number of hydrogen-bond donors (Lipinski definition) is 2. The maximum atomic E-state index is 5.34. The summed E-state index contributed by atoms with van der Waals surface area (Å²) in [6.07, 6.45) is 2.50. The van der Waals surface area contributed by atoms with Gasteiger partial charge in [-0.2, -0.15) is 0 Å². The van der Waals surface area contributed by atoms with Crippen LogP contribution in [0.15, 0.2) is 24.3 Å². The molecule has 6 heteroatoms. The molecule has 2 N–H and O–H groups in total. The lowest BCUT2D eigenvalue weighted by atomic mass is 10.00. The Morgan fingerprint density at radius 1 is 1.29 bits per heavy atom. The van der Waals surface area contributed by atoms with Crippen LogP contribution in [-0.2, 0) is 0 Å². The van der Waals surface area contributed by atoms with Crippen LogP contribution in [0.5, 0.6) is 5.88 Å². The molecule has 114 valence electrons. The zero-order chi connectivity index (χ0) is 13.8. The number of ether oxygens (including phenoxy) is 1. The zero-order valence-corrected chi connectivity index (χ0v) is 12.9. The van der Waals surface area contributed by atoms with E-state index >= 15 is 0 Å². The molecule has 1 aliphatic heterocycles. The van der Waals surface area contributed by atoms with E-state index < -0.39 is 0 Å². The molecule has 0 aliphatic carbocycles. The zero-order valence-electron chi connectivity index (χ0n) is 12.1. The summed E-state index contributed by atoms with van der Waals surface area (Å²) in [7, 11) is 1.63. The molecule has 0 spiro atoms. The molecule has 1 fully saturated rings. The van der Waals surface area contributed by atoms with Crippen molar-refractivity contribution in [2.45, 2.75) is 12.8 Å². The number of piperidine rings is 1. The molecule has 1 aliphatic rings. The van der Waals surface area contributed by atoms with Crippen molar-refractivity contribution in [2.24, 2.45) is 5.92 Å². The van der Waals surface area contributed by atoms with Crippen molar-refractivity contribution in [3.8, 4) is 5.88 Å². The fraction of sp³-hybridized carbons (Fsp3) is 0.467. The lowest BCUT2D eigenvalue weighted by Gasteiger charge is -2.23. The molecule has 0 bridgehead atoms. The summed E-state index contributed by atoms with van der Waals surface area (Å²) in [5.74, 6) is 1.94. The number of rotatable bonds is 4. The monoisotopic (exact) mass is 308 g/mol. The highest BCUT2D eigenvalue weighted by Gasteiger charge is 2.15. The molecule has 21 heavy (non-hydrogen) atoms. The second-order valence-electron chi connectivity index (χ2n) is 5.16. The van der Waals surface area contributed by atoms with Crippen molar-refractivity contribution in [1.82, 2.24) is 15.3 Å². The third-order valence-electron chi connectivity index (χ3n) is 3.69. The first kappa shape index (κ1) is 15.8. The molecule has 2 heterocycles. The number of para-hydroxylation sites is 2. The SMILES string of the molecule is COc1nc2ccccc2nc1NCC1CCCNC1.Cl. The van der Waals surface area contributed by atoms with E-state index in [2.05, 4.69) is 20.6 Å². The molecular weight excluding hydrogens is 288 g/mol.